The van der Waals surface area contributed by atoms with Crippen LogP contribution in [0.1, 0.15) is 53.5 Å². The molecule has 0 saturated heterocycles. The highest BCUT2D eigenvalue weighted by Crippen LogP contribution is 2.28. The van der Waals surface area contributed by atoms with Crippen molar-refractivity contribution in [2.45, 2.75) is 70.4 Å². The van der Waals surface area contributed by atoms with Gasteiger partial charge in [-0.2, -0.15) is 5.26 Å². The van der Waals surface area contributed by atoms with Crippen LogP contribution in [-0.2, 0) is 10.0 Å². The largest absolute Gasteiger partial charge is 0.474 e. The fourth-order valence-electron chi connectivity index (χ4n) is 3.85. The van der Waals surface area contributed by atoms with E-state index in [1.807, 2.05) is 39.8 Å². The van der Waals surface area contributed by atoms with E-state index in [9.17, 15) is 8.42 Å². The van der Waals surface area contributed by atoms with Gasteiger partial charge in [-0.25, -0.2) is 18.1 Å². The summed E-state index contributed by atoms with van der Waals surface area (Å²) in [6.45, 7) is 7.62. The molecule has 0 unspecified atom stereocenters. The number of nitriles is 1. The van der Waals surface area contributed by atoms with Gasteiger partial charge < -0.3 is 4.74 Å². The molecule has 0 radical (unpaired) electrons. The summed E-state index contributed by atoms with van der Waals surface area (Å²) < 4.78 is 35.0. The van der Waals surface area contributed by atoms with Gasteiger partial charge in [0.25, 0.3) is 0 Å². The lowest BCUT2D eigenvalue weighted by atomic mass is 9.94. The monoisotopic (exact) mass is 413 g/mol. The maximum atomic E-state index is 13.1. The molecule has 0 spiro atoms. The number of aryl methyl sites for hydroxylation is 2. The van der Waals surface area contributed by atoms with Crippen LogP contribution < -0.4 is 9.46 Å². The van der Waals surface area contributed by atoms with Crippen LogP contribution in [0.3, 0.4) is 0 Å². The molecule has 1 fully saturated rings. The number of hydrogen-bond acceptors (Lipinski definition) is 5. The average molecular weight is 414 g/mol. The van der Waals surface area contributed by atoms with Crippen molar-refractivity contribution in [2.75, 3.05) is 0 Å². The van der Waals surface area contributed by atoms with Gasteiger partial charge in [-0.15, -0.1) is 0 Å². The van der Waals surface area contributed by atoms with Crippen molar-refractivity contribution in [2.24, 2.45) is 0 Å². The maximum Gasteiger partial charge on any atom is 0.241 e. The summed E-state index contributed by atoms with van der Waals surface area (Å²) in [4.78, 5) is 4.55. The number of benzene rings is 1. The van der Waals surface area contributed by atoms with E-state index in [4.69, 9.17) is 10.00 Å². The number of nitrogens with one attached hydrogen (secondary N) is 1. The van der Waals surface area contributed by atoms with Crippen LogP contribution in [0, 0.1) is 39.0 Å². The summed E-state index contributed by atoms with van der Waals surface area (Å²) in [5, 5.41) is 8.83. The van der Waals surface area contributed by atoms with E-state index in [0.717, 1.165) is 35.1 Å². The fraction of sp³-hybridized carbons (Fsp3) is 0.455. The Morgan fingerprint density at radius 3 is 2.21 bits per heavy atom. The molecule has 1 saturated carbocycles. The van der Waals surface area contributed by atoms with Gasteiger partial charge in [0.2, 0.25) is 15.9 Å². The van der Waals surface area contributed by atoms with Crippen LogP contribution in [0.15, 0.2) is 29.3 Å². The molecule has 1 aliphatic carbocycles. The molecule has 1 aromatic carbocycles. The summed E-state index contributed by atoms with van der Waals surface area (Å²) in [5.74, 6) is 0.495. The molecular weight excluding hydrogens is 386 g/mol. The first kappa shape index (κ1) is 21.3. The molecule has 1 aromatic heterocycles. The van der Waals surface area contributed by atoms with E-state index >= 15 is 0 Å². The molecule has 29 heavy (non-hydrogen) atoms. The minimum absolute atomic E-state index is 0.000811. The van der Waals surface area contributed by atoms with Crippen molar-refractivity contribution in [3.8, 4) is 11.9 Å². The highest BCUT2D eigenvalue weighted by molar-refractivity contribution is 7.89. The smallest absolute Gasteiger partial charge is 0.241 e. The zero-order valence-corrected chi connectivity index (χ0v) is 18.1. The predicted molar refractivity (Wildman–Crippen MR) is 111 cm³/mol. The molecular formula is C22H27N3O3S. The van der Waals surface area contributed by atoms with Crippen molar-refractivity contribution >= 4 is 10.0 Å². The van der Waals surface area contributed by atoms with Crippen molar-refractivity contribution in [1.82, 2.24) is 9.71 Å². The van der Waals surface area contributed by atoms with Gasteiger partial charge in [0, 0.05) is 18.3 Å². The first-order valence-electron chi connectivity index (χ1n) is 9.84. The molecule has 154 valence electrons. The molecule has 2 aromatic rings. The third-order valence-electron chi connectivity index (χ3n) is 5.71. The Balaban J connectivity index is 1.64. The van der Waals surface area contributed by atoms with Gasteiger partial charge in [-0.3, -0.25) is 0 Å². The zero-order chi connectivity index (χ0) is 21.2. The summed E-state index contributed by atoms with van der Waals surface area (Å²) in [6, 6.07) is 7.33. The normalized spacial score (nSPS) is 19.6. The summed E-state index contributed by atoms with van der Waals surface area (Å²) in [6.07, 6.45) is 4.41. The first-order chi connectivity index (χ1) is 13.7. The van der Waals surface area contributed by atoms with E-state index in [-0.39, 0.29) is 12.1 Å². The van der Waals surface area contributed by atoms with Gasteiger partial charge in [0.05, 0.1) is 10.5 Å². The summed E-state index contributed by atoms with van der Waals surface area (Å²) in [7, 11) is -3.58. The molecule has 6 nitrogen and oxygen atoms in total. The third-order valence-corrected chi connectivity index (χ3v) is 7.51. The Kier molecular flexibility index (Phi) is 6.25. The second kappa shape index (κ2) is 8.52. The molecule has 0 bridgehead atoms. The lowest BCUT2D eigenvalue weighted by Crippen LogP contribution is -2.40. The van der Waals surface area contributed by atoms with Gasteiger partial charge in [0.15, 0.2) is 0 Å². The van der Waals surface area contributed by atoms with E-state index in [1.54, 1.807) is 12.1 Å². The van der Waals surface area contributed by atoms with E-state index in [0.29, 0.717) is 29.2 Å². The zero-order valence-electron chi connectivity index (χ0n) is 17.3. The van der Waals surface area contributed by atoms with Crippen molar-refractivity contribution in [3.05, 3.63) is 52.2 Å². The quantitative estimate of drug-likeness (QED) is 0.804. The van der Waals surface area contributed by atoms with Crippen LogP contribution in [0.5, 0.6) is 5.88 Å². The van der Waals surface area contributed by atoms with Crippen molar-refractivity contribution in [3.63, 3.8) is 0 Å². The number of nitrogens with zero attached hydrogens (tertiary/aromatic N) is 2. The number of rotatable bonds is 5. The second-order valence-electron chi connectivity index (χ2n) is 7.80. The fourth-order valence-corrected chi connectivity index (χ4v) is 5.77. The molecule has 0 aliphatic heterocycles. The van der Waals surface area contributed by atoms with E-state index in [2.05, 4.69) is 9.71 Å². The Bertz CT molecular complexity index is 1010. The number of sulfonamides is 1. The van der Waals surface area contributed by atoms with Gasteiger partial charge >= 0.3 is 0 Å². The second-order valence-corrected chi connectivity index (χ2v) is 9.45. The molecule has 3 rings (SSSR count). The maximum absolute atomic E-state index is 13.1. The molecule has 1 aliphatic rings. The van der Waals surface area contributed by atoms with Crippen LogP contribution in [0.4, 0.5) is 0 Å². The van der Waals surface area contributed by atoms with Gasteiger partial charge in [-0.05, 0) is 81.7 Å². The SMILES string of the molecule is Cc1cc(C)c(C)c(S(=O)(=O)NC2CCC(Oc3ccc(C#N)cn3)CC2)c1C. The Labute approximate surface area is 173 Å². The number of aromatic nitrogens is 1. The highest BCUT2D eigenvalue weighted by Gasteiger charge is 2.29. The van der Waals surface area contributed by atoms with Crippen LogP contribution in [-0.4, -0.2) is 25.5 Å². The van der Waals surface area contributed by atoms with Crippen LogP contribution in [0.25, 0.3) is 0 Å². The standard InChI is InChI=1S/C22H27N3O3S/c1-14-11-15(2)17(4)22(16(14)3)29(26,27)25-19-6-8-20(9-7-19)28-21-10-5-18(12-23)13-24-21/h5,10-11,13,19-20,25H,6-9H2,1-4H3. The summed E-state index contributed by atoms with van der Waals surface area (Å²) >= 11 is 0. The molecule has 1 heterocycles. The predicted octanol–water partition coefficient (Wildman–Crippen LogP) is 3.86. The van der Waals surface area contributed by atoms with E-state index in [1.165, 1.54) is 6.20 Å². The summed E-state index contributed by atoms with van der Waals surface area (Å²) in [5.41, 5.74) is 4.09. The molecule has 1 N–H and O–H groups in total. The highest BCUT2D eigenvalue weighted by atomic mass is 32.2. The number of pyridine rings is 1. The lowest BCUT2D eigenvalue weighted by Gasteiger charge is -2.29. The number of hydrogen-bond donors (Lipinski definition) is 1. The Morgan fingerprint density at radius 2 is 1.69 bits per heavy atom. The van der Waals surface area contributed by atoms with Crippen molar-refractivity contribution in [1.29, 1.82) is 5.26 Å². The van der Waals surface area contributed by atoms with Crippen molar-refractivity contribution < 1.29 is 13.2 Å². The molecule has 0 atom stereocenters. The Morgan fingerprint density at radius 1 is 1.07 bits per heavy atom. The molecule has 7 heteroatoms. The molecule has 0 amide bonds. The number of ether oxygens (including phenoxy) is 1. The van der Waals surface area contributed by atoms with E-state index < -0.39 is 10.0 Å². The third kappa shape index (κ3) is 4.77. The average Bonchev–Trinajstić information content (AvgIpc) is 2.68. The van der Waals surface area contributed by atoms with Gasteiger partial charge in [-0.1, -0.05) is 6.07 Å². The Hall–Kier alpha value is -2.43. The lowest BCUT2D eigenvalue weighted by molar-refractivity contribution is 0.138. The van der Waals surface area contributed by atoms with Gasteiger partial charge in [0.1, 0.15) is 12.2 Å². The van der Waals surface area contributed by atoms with Crippen LogP contribution >= 0.6 is 0 Å². The minimum Gasteiger partial charge on any atom is -0.474 e. The minimum atomic E-state index is -3.58. The first-order valence-corrected chi connectivity index (χ1v) is 11.3. The van der Waals surface area contributed by atoms with Crippen LogP contribution in [0.2, 0.25) is 0 Å². The topological polar surface area (TPSA) is 92.1 Å².